The Morgan fingerprint density at radius 1 is 1.37 bits per heavy atom. The van der Waals surface area contributed by atoms with E-state index in [9.17, 15) is 18.0 Å². The van der Waals surface area contributed by atoms with Gasteiger partial charge in [-0.25, -0.2) is 0 Å². The van der Waals surface area contributed by atoms with E-state index in [2.05, 4.69) is 14.7 Å². The minimum atomic E-state index is -4.69. The third-order valence-corrected chi connectivity index (χ3v) is 4.46. The maximum Gasteiger partial charge on any atom is 0.471 e. The maximum atomic E-state index is 12.7. The molecule has 3 heterocycles. The first-order valence-corrected chi connectivity index (χ1v) is 8.13. The lowest BCUT2D eigenvalue weighted by Crippen LogP contribution is -2.28. The molecule has 1 amide bonds. The van der Waals surface area contributed by atoms with E-state index in [0.29, 0.717) is 24.3 Å². The molecule has 3 aromatic rings. The second-order valence-corrected chi connectivity index (χ2v) is 6.18. The molecule has 0 radical (unpaired) electrons. The van der Waals surface area contributed by atoms with Gasteiger partial charge in [0.15, 0.2) is 22.9 Å². The van der Waals surface area contributed by atoms with Crippen molar-refractivity contribution in [3.05, 3.63) is 41.7 Å². The van der Waals surface area contributed by atoms with Crippen molar-refractivity contribution in [2.45, 2.75) is 18.5 Å². The Balaban J connectivity index is 1.52. The molecule has 1 atom stereocenters. The summed E-state index contributed by atoms with van der Waals surface area (Å²) in [6, 6.07) is 6.91. The number of fused-ring (bicyclic) bond motifs is 1. The number of carbonyl (C=O) groups is 1. The Morgan fingerprint density at radius 2 is 2.19 bits per heavy atom. The number of halogens is 3. The van der Waals surface area contributed by atoms with Crippen LogP contribution in [0.4, 0.5) is 13.2 Å². The number of para-hydroxylation sites is 1. The molecular formula is C17H14F3N3O4. The van der Waals surface area contributed by atoms with Gasteiger partial charge in [-0.2, -0.15) is 18.2 Å². The largest absolute Gasteiger partial charge is 0.493 e. The van der Waals surface area contributed by atoms with Gasteiger partial charge in [-0.05, 0) is 18.6 Å². The van der Waals surface area contributed by atoms with Crippen LogP contribution in [0.2, 0.25) is 0 Å². The fourth-order valence-electron chi connectivity index (χ4n) is 3.13. The second-order valence-electron chi connectivity index (χ2n) is 6.18. The van der Waals surface area contributed by atoms with Gasteiger partial charge < -0.3 is 18.6 Å². The van der Waals surface area contributed by atoms with E-state index in [4.69, 9.17) is 9.15 Å². The van der Waals surface area contributed by atoms with Crippen LogP contribution in [0.1, 0.15) is 34.6 Å². The first-order valence-electron chi connectivity index (χ1n) is 8.13. The number of rotatable bonds is 3. The minimum absolute atomic E-state index is 0.0519. The molecule has 1 aliphatic rings. The van der Waals surface area contributed by atoms with Gasteiger partial charge in [0.2, 0.25) is 0 Å². The van der Waals surface area contributed by atoms with Gasteiger partial charge in [-0.15, -0.1) is 0 Å². The lowest BCUT2D eigenvalue weighted by molar-refractivity contribution is -0.159. The van der Waals surface area contributed by atoms with Crippen LogP contribution in [0.15, 0.2) is 33.2 Å². The zero-order valence-corrected chi connectivity index (χ0v) is 14.1. The highest BCUT2D eigenvalue weighted by atomic mass is 19.4. The molecule has 1 saturated heterocycles. The summed E-state index contributed by atoms with van der Waals surface area (Å²) >= 11 is 0. The number of alkyl halides is 3. The van der Waals surface area contributed by atoms with Crippen molar-refractivity contribution in [2.24, 2.45) is 0 Å². The summed E-state index contributed by atoms with van der Waals surface area (Å²) in [7, 11) is 1.50. The van der Waals surface area contributed by atoms with Gasteiger partial charge >= 0.3 is 12.1 Å². The van der Waals surface area contributed by atoms with Crippen LogP contribution in [-0.4, -0.2) is 41.1 Å². The summed E-state index contributed by atoms with van der Waals surface area (Å²) in [5.41, 5.74) is 0.465. The van der Waals surface area contributed by atoms with Crippen molar-refractivity contribution in [1.29, 1.82) is 0 Å². The molecule has 142 valence electrons. The van der Waals surface area contributed by atoms with Crippen LogP contribution in [0.25, 0.3) is 11.0 Å². The number of amides is 1. The molecule has 1 aliphatic heterocycles. The molecule has 0 spiro atoms. The van der Waals surface area contributed by atoms with E-state index in [1.54, 1.807) is 24.3 Å². The summed E-state index contributed by atoms with van der Waals surface area (Å²) < 4.78 is 52.9. The fraction of sp³-hybridized carbons (Fsp3) is 0.353. The third-order valence-electron chi connectivity index (χ3n) is 4.46. The number of hydrogen-bond acceptors (Lipinski definition) is 6. The van der Waals surface area contributed by atoms with Crippen molar-refractivity contribution < 1.29 is 31.6 Å². The SMILES string of the molecule is COc1cccc2cc(C(=O)N3CC[C@@H](c4noc(C(F)(F)F)n4)C3)oc12. The molecule has 0 unspecified atom stereocenters. The maximum absolute atomic E-state index is 12.7. The number of methoxy groups -OCH3 is 1. The van der Waals surface area contributed by atoms with E-state index < -0.39 is 18.0 Å². The number of benzene rings is 1. The Hall–Kier alpha value is -3.04. The molecule has 0 N–H and O–H groups in total. The molecule has 10 heteroatoms. The Morgan fingerprint density at radius 3 is 2.89 bits per heavy atom. The van der Waals surface area contributed by atoms with E-state index in [0.717, 1.165) is 5.39 Å². The van der Waals surface area contributed by atoms with Crippen molar-refractivity contribution in [3.8, 4) is 5.75 Å². The summed E-state index contributed by atoms with van der Waals surface area (Å²) in [4.78, 5) is 17.6. The summed E-state index contributed by atoms with van der Waals surface area (Å²) in [6.07, 6.45) is -4.25. The number of nitrogens with zero attached hydrogens (tertiary/aromatic N) is 3. The molecule has 7 nitrogen and oxygen atoms in total. The van der Waals surface area contributed by atoms with Crippen LogP contribution >= 0.6 is 0 Å². The monoisotopic (exact) mass is 381 g/mol. The number of aromatic nitrogens is 2. The van der Waals surface area contributed by atoms with Gasteiger partial charge in [-0.1, -0.05) is 17.3 Å². The van der Waals surface area contributed by atoms with Gasteiger partial charge in [0.1, 0.15) is 0 Å². The van der Waals surface area contributed by atoms with Crippen LogP contribution in [0.5, 0.6) is 5.75 Å². The number of likely N-dealkylation sites (tertiary alicyclic amines) is 1. The topological polar surface area (TPSA) is 81.6 Å². The molecule has 1 aromatic carbocycles. The van der Waals surface area contributed by atoms with Crippen molar-refractivity contribution in [2.75, 3.05) is 20.2 Å². The lowest BCUT2D eigenvalue weighted by atomic mass is 10.1. The first kappa shape index (κ1) is 17.4. The zero-order valence-electron chi connectivity index (χ0n) is 14.1. The summed E-state index contributed by atoms with van der Waals surface area (Å²) in [5.74, 6) is -1.56. The summed E-state index contributed by atoms with van der Waals surface area (Å²) in [5, 5.41) is 4.13. The molecule has 0 saturated carbocycles. The molecule has 27 heavy (non-hydrogen) atoms. The third kappa shape index (κ3) is 3.11. The average Bonchev–Trinajstić information content (AvgIpc) is 3.37. The quantitative estimate of drug-likeness (QED) is 0.691. The number of carbonyl (C=O) groups excluding carboxylic acids is 1. The standard InChI is InChI=1S/C17H14F3N3O4/c1-25-11-4-2-3-9-7-12(26-13(9)11)15(24)23-6-5-10(8-23)14-21-16(27-22-14)17(18,19)20/h2-4,7,10H,5-6,8H2,1H3/t10-/m1/s1. The van der Waals surface area contributed by atoms with Crippen molar-refractivity contribution in [3.63, 3.8) is 0 Å². The van der Waals surface area contributed by atoms with Crippen LogP contribution in [-0.2, 0) is 6.18 Å². The minimum Gasteiger partial charge on any atom is -0.493 e. The average molecular weight is 381 g/mol. The fourth-order valence-corrected chi connectivity index (χ4v) is 3.13. The summed E-state index contributed by atoms with van der Waals surface area (Å²) in [6.45, 7) is 0.539. The molecule has 1 fully saturated rings. The molecular weight excluding hydrogens is 367 g/mol. The van der Waals surface area contributed by atoms with Crippen LogP contribution in [0, 0.1) is 0 Å². The van der Waals surface area contributed by atoms with Crippen LogP contribution in [0.3, 0.4) is 0 Å². The van der Waals surface area contributed by atoms with Gasteiger partial charge in [0.25, 0.3) is 5.91 Å². The molecule has 4 rings (SSSR count). The normalized spacial score (nSPS) is 17.6. The first-order chi connectivity index (χ1) is 12.9. The van der Waals surface area contributed by atoms with E-state index in [1.165, 1.54) is 12.0 Å². The smallest absolute Gasteiger partial charge is 0.471 e. The molecule has 2 aromatic heterocycles. The predicted octanol–water partition coefficient (Wildman–Crippen LogP) is 3.47. The van der Waals surface area contributed by atoms with E-state index >= 15 is 0 Å². The Kier molecular flexibility index (Phi) is 4.05. The molecule has 0 aliphatic carbocycles. The zero-order chi connectivity index (χ0) is 19.2. The van der Waals surface area contributed by atoms with Crippen molar-refractivity contribution in [1.82, 2.24) is 15.0 Å². The van der Waals surface area contributed by atoms with E-state index in [-0.39, 0.29) is 24.0 Å². The highest BCUT2D eigenvalue weighted by molar-refractivity contribution is 5.97. The number of furan rings is 1. The Labute approximate surface area is 150 Å². The van der Waals surface area contributed by atoms with Gasteiger partial charge in [0.05, 0.1) is 7.11 Å². The molecule has 0 bridgehead atoms. The van der Waals surface area contributed by atoms with Gasteiger partial charge in [-0.3, -0.25) is 4.79 Å². The van der Waals surface area contributed by atoms with E-state index in [1.807, 2.05) is 0 Å². The van der Waals surface area contributed by atoms with Gasteiger partial charge in [0, 0.05) is 24.4 Å². The highest BCUT2D eigenvalue weighted by Gasteiger charge is 2.40. The second kappa shape index (κ2) is 6.29. The predicted molar refractivity (Wildman–Crippen MR) is 85.3 cm³/mol. The highest BCUT2D eigenvalue weighted by Crippen LogP contribution is 2.33. The Bertz CT molecular complexity index is 995. The lowest BCUT2D eigenvalue weighted by Gasteiger charge is -2.13. The van der Waals surface area contributed by atoms with Crippen LogP contribution < -0.4 is 4.74 Å². The van der Waals surface area contributed by atoms with Crippen molar-refractivity contribution >= 4 is 16.9 Å². The number of hydrogen-bond donors (Lipinski definition) is 0. The number of ether oxygens (including phenoxy) is 1.